The third-order valence-corrected chi connectivity index (χ3v) is 5.82. The zero-order valence-electron chi connectivity index (χ0n) is 18.4. The van der Waals surface area contributed by atoms with Gasteiger partial charge < -0.3 is 20.6 Å². The van der Waals surface area contributed by atoms with Crippen molar-refractivity contribution in [2.45, 2.75) is 63.4 Å². The predicted octanol–water partition coefficient (Wildman–Crippen LogP) is 3.26. The van der Waals surface area contributed by atoms with Gasteiger partial charge in [-0.1, -0.05) is 24.3 Å². The average Bonchev–Trinajstić information content (AvgIpc) is 2.98. The summed E-state index contributed by atoms with van der Waals surface area (Å²) in [5.74, 6) is -1.54. The monoisotopic (exact) mass is 448 g/mol. The van der Waals surface area contributed by atoms with E-state index in [1.165, 1.54) is 0 Å². The maximum Gasteiger partial charge on any atom is 0.408 e. The molecule has 0 fully saturated rings. The number of aliphatic hydroxyl groups is 2. The van der Waals surface area contributed by atoms with Gasteiger partial charge in [0.05, 0.1) is 24.3 Å². The van der Waals surface area contributed by atoms with Gasteiger partial charge in [0, 0.05) is 24.6 Å². The number of fused-ring (bicyclic) bond motifs is 1. The molecule has 1 amide bonds. The van der Waals surface area contributed by atoms with E-state index < -0.39 is 47.6 Å². The van der Waals surface area contributed by atoms with Crippen molar-refractivity contribution in [3.8, 4) is 0 Å². The molecule has 0 spiro atoms. The van der Waals surface area contributed by atoms with Gasteiger partial charge in [-0.3, -0.25) is 4.90 Å². The molecule has 0 unspecified atom stereocenters. The fraction of sp³-hybridized carbons (Fsp3) is 0.458. The molecule has 0 radical (unpaired) electrons. The van der Waals surface area contributed by atoms with Crippen molar-refractivity contribution in [3.63, 3.8) is 0 Å². The molecule has 0 bridgehead atoms. The lowest BCUT2D eigenvalue weighted by molar-refractivity contribution is 0.00475. The molecule has 4 N–H and O–H groups in total. The van der Waals surface area contributed by atoms with Gasteiger partial charge in [0.2, 0.25) is 0 Å². The van der Waals surface area contributed by atoms with Crippen LogP contribution < -0.4 is 5.32 Å². The minimum absolute atomic E-state index is 0.0155. The number of carboxylic acid groups (broad SMARTS) is 1. The lowest BCUT2D eigenvalue weighted by Gasteiger charge is -2.42. The van der Waals surface area contributed by atoms with Crippen LogP contribution in [0.1, 0.15) is 43.5 Å². The van der Waals surface area contributed by atoms with E-state index in [-0.39, 0.29) is 18.5 Å². The van der Waals surface area contributed by atoms with Crippen LogP contribution in [0.25, 0.3) is 0 Å². The van der Waals surface area contributed by atoms with E-state index in [1.54, 1.807) is 20.8 Å². The van der Waals surface area contributed by atoms with Gasteiger partial charge in [0.1, 0.15) is 11.6 Å². The Morgan fingerprint density at radius 2 is 1.81 bits per heavy atom. The second-order valence-corrected chi connectivity index (χ2v) is 9.30. The largest absolute Gasteiger partial charge is 0.465 e. The van der Waals surface area contributed by atoms with E-state index in [4.69, 9.17) is 0 Å². The van der Waals surface area contributed by atoms with Crippen LogP contribution in [-0.2, 0) is 12.8 Å². The Hall–Kier alpha value is -2.55. The number of aliphatic hydroxyl groups excluding tert-OH is 2. The molecule has 0 heterocycles. The fourth-order valence-electron chi connectivity index (χ4n) is 4.50. The molecule has 0 saturated carbocycles. The van der Waals surface area contributed by atoms with Gasteiger partial charge in [-0.05, 0) is 56.0 Å². The van der Waals surface area contributed by atoms with Gasteiger partial charge in [-0.2, -0.15) is 0 Å². The molecule has 3 rings (SSSR count). The van der Waals surface area contributed by atoms with Gasteiger partial charge >= 0.3 is 6.09 Å². The Bertz CT molecular complexity index is 943. The van der Waals surface area contributed by atoms with Crippen LogP contribution in [0.3, 0.4) is 0 Å². The lowest BCUT2D eigenvalue weighted by atomic mass is 9.94. The molecule has 0 aromatic heterocycles. The van der Waals surface area contributed by atoms with Crippen LogP contribution in [0, 0.1) is 11.6 Å². The minimum Gasteiger partial charge on any atom is -0.465 e. The first-order chi connectivity index (χ1) is 15.0. The van der Waals surface area contributed by atoms with E-state index in [1.807, 2.05) is 24.3 Å². The standard InChI is InChI=1S/C24H30F2N2O4/c1-24(2,3)28(23(31)32)19(10-14-8-16(25)12-17(26)9-14)21(30)13-27-22-18-7-5-4-6-15(18)11-20(22)29/h4-9,12,19-22,27,29-30H,10-11,13H2,1-3H3,(H,31,32)/t19-,20+,21+,22-/m0/s1. The van der Waals surface area contributed by atoms with Crippen LogP contribution in [0.15, 0.2) is 42.5 Å². The molecular formula is C24H30F2N2O4. The number of hydrogen-bond donors (Lipinski definition) is 4. The van der Waals surface area contributed by atoms with Crippen molar-refractivity contribution in [3.05, 3.63) is 70.8 Å². The van der Waals surface area contributed by atoms with Gasteiger partial charge in [0.15, 0.2) is 0 Å². The quantitative estimate of drug-likeness (QED) is 0.522. The highest BCUT2D eigenvalue weighted by atomic mass is 19.1. The van der Waals surface area contributed by atoms with E-state index in [0.29, 0.717) is 6.42 Å². The summed E-state index contributed by atoms with van der Waals surface area (Å²) in [6.07, 6.45) is -2.71. The van der Waals surface area contributed by atoms with Crippen molar-refractivity contribution >= 4 is 6.09 Å². The number of benzene rings is 2. The number of carbonyl (C=O) groups is 1. The van der Waals surface area contributed by atoms with E-state index >= 15 is 0 Å². The molecule has 0 saturated heterocycles. The Morgan fingerprint density at radius 1 is 1.19 bits per heavy atom. The van der Waals surface area contributed by atoms with Crippen LogP contribution in [-0.4, -0.2) is 56.6 Å². The number of hydrogen-bond acceptors (Lipinski definition) is 4. The van der Waals surface area contributed by atoms with Gasteiger partial charge in [0.25, 0.3) is 0 Å². The third-order valence-electron chi connectivity index (χ3n) is 5.82. The first kappa shape index (κ1) is 24.1. The summed E-state index contributed by atoms with van der Waals surface area (Å²) in [6, 6.07) is 9.24. The van der Waals surface area contributed by atoms with Crippen molar-refractivity contribution in [1.82, 2.24) is 10.2 Å². The molecule has 32 heavy (non-hydrogen) atoms. The van der Waals surface area contributed by atoms with Crippen LogP contribution in [0.2, 0.25) is 0 Å². The highest BCUT2D eigenvalue weighted by Gasteiger charge is 2.38. The smallest absolute Gasteiger partial charge is 0.408 e. The zero-order valence-corrected chi connectivity index (χ0v) is 18.4. The minimum atomic E-state index is -1.25. The Kier molecular flexibility index (Phi) is 7.17. The molecule has 2 aromatic rings. The Morgan fingerprint density at radius 3 is 2.41 bits per heavy atom. The second-order valence-electron chi connectivity index (χ2n) is 9.30. The number of amides is 1. The summed E-state index contributed by atoms with van der Waals surface area (Å²) < 4.78 is 27.5. The summed E-state index contributed by atoms with van der Waals surface area (Å²) in [5, 5.41) is 34.5. The summed E-state index contributed by atoms with van der Waals surface area (Å²) >= 11 is 0. The molecule has 1 aliphatic carbocycles. The number of rotatable bonds is 7. The second kappa shape index (κ2) is 9.52. The summed E-state index contributed by atoms with van der Waals surface area (Å²) in [4.78, 5) is 13.2. The average molecular weight is 449 g/mol. The molecule has 1 aliphatic rings. The highest BCUT2D eigenvalue weighted by Crippen LogP contribution is 2.31. The first-order valence-electron chi connectivity index (χ1n) is 10.6. The SMILES string of the molecule is CC(C)(C)N(C(=O)O)[C@@H](Cc1cc(F)cc(F)c1)[C@H](O)CN[C@H]1c2ccccc2C[C@H]1O. The van der Waals surface area contributed by atoms with Gasteiger partial charge in [-0.25, -0.2) is 13.6 Å². The molecule has 6 nitrogen and oxygen atoms in total. The van der Waals surface area contributed by atoms with Crippen molar-refractivity contribution < 1.29 is 28.9 Å². The molecule has 2 aromatic carbocycles. The summed E-state index contributed by atoms with van der Waals surface area (Å²) in [6.45, 7) is 5.06. The molecule has 174 valence electrons. The van der Waals surface area contributed by atoms with Crippen molar-refractivity contribution in [2.75, 3.05) is 6.54 Å². The van der Waals surface area contributed by atoms with Crippen LogP contribution in [0.5, 0.6) is 0 Å². The maximum atomic E-state index is 13.7. The number of nitrogens with one attached hydrogen (secondary N) is 1. The normalized spacial score (nSPS) is 20.0. The topological polar surface area (TPSA) is 93.0 Å². The number of halogens is 2. The zero-order chi connectivity index (χ0) is 23.6. The van der Waals surface area contributed by atoms with Crippen molar-refractivity contribution in [1.29, 1.82) is 0 Å². The Labute approximate surface area is 186 Å². The third kappa shape index (κ3) is 5.43. The molecule has 0 aliphatic heterocycles. The lowest BCUT2D eigenvalue weighted by Crippen LogP contribution is -2.58. The molecule has 4 atom stereocenters. The number of nitrogens with zero attached hydrogens (tertiary/aromatic N) is 1. The fourth-order valence-corrected chi connectivity index (χ4v) is 4.50. The van der Waals surface area contributed by atoms with E-state index in [0.717, 1.165) is 34.2 Å². The summed E-state index contributed by atoms with van der Waals surface area (Å²) in [7, 11) is 0. The molecular weight excluding hydrogens is 418 g/mol. The summed E-state index contributed by atoms with van der Waals surface area (Å²) in [5.41, 5.74) is 1.32. The highest BCUT2D eigenvalue weighted by molar-refractivity contribution is 5.66. The van der Waals surface area contributed by atoms with Crippen LogP contribution in [0.4, 0.5) is 13.6 Å². The maximum absolute atomic E-state index is 13.7. The van der Waals surface area contributed by atoms with Crippen LogP contribution >= 0.6 is 0 Å². The first-order valence-corrected chi connectivity index (χ1v) is 10.6. The molecule has 8 heteroatoms. The Balaban J connectivity index is 1.84. The van der Waals surface area contributed by atoms with E-state index in [2.05, 4.69) is 5.32 Å². The van der Waals surface area contributed by atoms with Crippen molar-refractivity contribution in [2.24, 2.45) is 0 Å². The predicted molar refractivity (Wildman–Crippen MR) is 116 cm³/mol. The van der Waals surface area contributed by atoms with E-state index in [9.17, 15) is 28.9 Å². The van der Waals surface area contributed by atoms with Gasteiger partial charge in [-0.15, -0.1) is 0 Å².